The Morgan fingerprint density at radius 3 is 2.87 bits per heavy atom. The predicted molar refractivity (Wildman–Crippen MR) is 85.6 cm³/mol. The van der Waals surface area contributed by atoms with Gasteiger partial charge < -0.3 is 14.6 Å². The van der Waals surface area contributed by atoms with Crippen LogP contribution in [-0.4, -0.2) is 30.4 Å². The zero-order valence-electron chi connectivity index (χ0n) is 12.0. The Morgan fingerprint density at radius 2 is 2.04 bits per heavy atom. The summed E-state index contributed by atoms with van der Waals surface area (Å²) in [5.74, 6) is 0.427. The van der Waals surface area contributed by atoms with Crippen LogP contribution in [0.5, 0.6) is 17.2 Å². The molecule has 1 amide bonds. The summed E-state index contributed by atoms with van der Waals surface area (Å²) < 4.78 is 10.9. The van der Waals surface area contributed by atoms with Gasteiger partial charge in [-0.3, -0.25) is 4.79 Å². The number of hydrogen-bond donors (Lipinski definition) is 2. The second kappa shape index (κ2) is 6.58. The average Bonchev–Trinajstić information content (AvgIpc) is 2.55. The first kappa shape index (κ1) is 15.2. The van der Waals surface area contributed by atoms with Gasteiger partial charge in [-0.25, -0.2) is 5.43 Å². The van der Waals surface area contributed by atoms with E-state index in [0.29, 0.717) is 35.3 Å². The van der Waals surface area contributed by atoms with E-state index in [9.17, 15) is 9.90 Å². The quantitative estimate of drug-likeness (QED) is 0.668. The van der Waals surface area contributed by atoms with Gasteiger partial charge in [-0.05, 0) is 29.8 Å². The number of nitrogens with zero attached hydrogens (tertiary/aromatic N) is 1. The van der Waals surface area contributed by atoms with Gasteiger partial charge in [0.2, 0.25) is 0 Å². The standard InChI is InChI=1S/C16H13ClN2O4/c17-12-7-10(8-14-15(12)23-6-5-22-14)9-18-19-16(21)11-3-1-2-4-13(11)20/h1-4,7-9,20H,5-6H2,(H,19,21)/b18-9-. The highest BCUT2D eigenvalue weighted by Crippen LogP contribution is 2.37. The Kier molecular flexibility index (Phi) is 4.34. The van der Waals surface area contributed by atoms with Crippen LogP contribution in [0.1, 0.15) is 15.9 Å². The zero-order chi connectivity index (χ0) is 16.2. The number of amides is 1. The first-order valence-electron chi connectivity index (χ1n) is 6.85. The van der Waals surface area contributed by atoms with E-state index in [1.807, 2.05) is 0 Å². The molecule has 7 heteroatoms. The van der Waals surface area contributed by atoms with Crippen LogP contribution in [0, 0.1) is 0 Å². The van der Waals surface area contributed by atoms with Crippen molar-refractivity contribution in [3.63, 3.8) is 0 Å². The number of ether oxygens (including phenoxy) is 2. The topological polar surface area (TPSA) is 80.2 Å². The van der Waals surface area contributed by atoms with Crippen LogP contribution in [0.4, 0.5) is 0 Å². The molecule has 2 aromatic carbocycles. The SMILES string of the molecule is O=C(N/N=C\c1cc(Cl)c2c(c1)OCCO2)c1ccccc1O. The van der Waals surface area contributed by atoms with Crippen LogP contribution in [0.2, 0.25) is 5.02 Å². The van der Waals surface area contributed by atoms with E-state index >= 15 is 0 Å². The van der Waals surface area contributed by atoms with Gasteiger partial charge in [0.15, 0.2) is 11.5 Å². The highest BCUT2D eigenvalue weighted by atomic mass is 35.5. The van der Waals surface area contributed by atoms with Gasteiger partial charge in [0.05, 0.1) is 16.8 Å². The molecule has 118 valence electrons. The van der Waals surface area contributed by atoms with Gasteiger partial charge in [-0.1, -0.05) is 23.7 Å². The second-order valence-electron chi connectivity index (χ2n) is 4.74. The Morgan fingerprint density at radius 1 is 1.26 bits per heavy atom. The van der Waals surface area contributed by atoms with Gasteiger partial charge in [-0.15, -0.1) is 0 Å². The number of carbonyl (C=O) groups is 1. The van der Waals surface area contributed by atoms with Crippen molar-refractivity contribution in [2.45, 2.75) is 0 Å². The largest absolute Gasteiger partial charge is 0.507 e. The number of phenolic OH excluding ortho intramolecular Hbond substituents is 1. The van der Waals surface area contributed by atoms with Crippen molar-refractivity contribution in [3.8, 4) is 17.2 Å². The van der Waals surface area contributed by atoms with Crippen LogP contribution in [0.25, 0.3) is 0 Å². The zero-order valence-corrected chi connectivity index (χ0v) is 12.7. The summed E-state index contributed by atoms with van der Waals surface area (Å²) in [6.45, 7) is 0.907. The molecule has 2 aromatic rings. The first-order chi connectivity index (χ1) is 11.1. The molecule has 0 saturated heterocycles. The fraction of sp³-hybridized carbons (Fsp3) is 0.125. The fourth-order valence-corrected chi connectivity index (χ4v) is 2.37. The van der Waals surface area contributed by atoms with E-state index in [2.05, 4.69) is 10.5 Å². The maximum atomic E-state index is 11.9. The molecule has 6 nitrogen and oxygen atoms in total. The van der Waals surface area contributed by atoms with Crippen LogP contribution in [0.15, 0.2) is 41.5 Å². The van der Waals surface area contributed by atoms with Crippen molar-refractivity contribution < 1.29 is 19.4 Å². The third kappa shape index (κ3) is 3.37. The number of nitrogens with one attached hydrogen (secondary N) is 1. The van der Waals surface area contributed by atoms with E-state index in [0.717, 1.165) is 0 Å². The van der Waals surface area contributed by atoms with Crippen LogP contribution < -0.4 is 14.9 Å². The van der Waals surface area contributed by atoms with Crippen molar-refractivity contribution in [3.05, 3.63) is 52.5 Å². The van der Waals surface area contributed by atoms with Gasteiger partial charge in [0.1, 0.15) is 19.0 Å². The lowest BCUT2D eigenvalue weighted by Crippen LogP contribution is -2.18. The van der Waals surface area contributed by atoms with Crippen LogP contribution in [0.3, 0.4) is 0 Å². The van der Waals surface area contributed by atoms with E-state index < -0.39 is 5.91 Å². The van der Waals surface area contributed by atoms with Crippen molar-refractivity contribution in [1.29, 1.82) is 0 Å². The summed E-state index contributed by atoms with van der Waals surface area (Å²) in [6.07, 6.45) is 1.43. The second-order valence-corrected chi connectivity index (χ2v) is 5.15. The minimum Gasteiger partial charge on any atom is -0.507 e. The predicted octanol–water partition coefficient (Wildman–Crippen LogP) is 2.58. The summed E-state index contributed by atoms with van der Waals surface area (Å²) in [6, 6.07) is 9.59. The maximum absolute atomic E-state index is 11.9. The Balaban J connectivity index is 1.72. The number of phenols is 1. The number of aromatic hydroxyl groups is 1. The highest BCUT2D eigenvalue weighted by molar-refractivity contribution is 6.32. The lowest BCUT2D eigenvalue weighted by atomic mass is 10.2. The lowest BCUT2D eigenvalue weighted by molar-refractivity contribution is 0.0952. The number of hydrogen-bond acceptors (Lipinski definition) is 5. The van der Waals surface area contributed by atoms with Gasteiger partial charge in [-0.2, -0.15) is 5.10 Å². The third-order valence-corrected chi connectivity index (χ3v) is 3.43. The van der Waals surface area contributed by atoms with Crippen molar-refractivity contribution in [2.24, 2.45) is 5.10 Å². The number of rotatable bonds is 3. The van der Waals surface area contributed by atoms with Gasteiger partial charge in [0, 0.05) is 0 Å². The van der Waals surface area contributed by atoms with E-state index in [1.54, 1.807) is 24.3 Å². The molecule has 0 bridgehead atoms. The number of hydrazone groups is 1. The van der Waals surface area contributed by atoms with E-state index in [4.69, 9.17) is 21.1 Å². The number of para-hydroxylation sites is 1. The number of halogens is 1. The van der Waals surface area contributed by atoms with Gasteiger partial charge >= 0.3 is 0 Å². The molecule has 0 saturated carbocycles. The molecule has 3 rings (SSSR count). The highest BCUT2D eigenvalue weighted by Gasteiger charge is 2.16. The first-order valence-corrected chi connectivity index (χ1v) is 7.23. The molecule has 0 fully saturated rings. The molecule has 0 spiro atoms. The minimum absolute atomic E-state index is 0.109. The minimum atomic E-state index is -0.511. The molecule has 0 unspecified atom stereocenters. The summed E-state index contributed by atoms with van der Waals surface area (Å²) in [7, 11) is 0. The Hall–Kier alpha value is -2.73. The molecular weight excluding hydrogens is 320 g/mol. The molecule has 0 aliphatic carbocycles. The third-order valence-electron chi connectivity index (χ3n) is 3.15. The van der Waals surface area contributed by atoms with Crippen molar-refractivity contribution in [1.82, 2.24) is 5.43 Å². The average molecular weight is 333 g/mol. The Labute approximate surface area is 137 Å². The van der Waals surface area contributed by atoms with Crippen LogP contribution in [-0.2, 0) is 0 Å². The monoisotopic (exact) mass is 332 g/mol. The van der Waals surface area contributed by atoms with E-state index in [1.165, 1.54) is 18.3 Å². The maximum Gasteiger partial charge on any atom is 0.275 e. The van der Waals surface area contributed by atoms with Gasteiger partial charge in [0.25, 0.3) is 5.91 Å². The molecule has 0 radical (unpaired) electrons. The lowest BCUT2D eigenvalue weighted by Gasteiger charge is -2.19. The van der Waals surface area contributed by atoms with Crippen LogP contribution >= 0.6 is 11.6 Å². The summed E-state index contributed by atoms with van der Waals surface area (Å²) >= 11 is 6.12. The molecule has 1 heterocycles. The van der Waals surface area contributed by atoms with E-state index in [-0.39, 0.29) is 11.3 Å². The smallest absolute Gasteiger partial charge is 0.275 e. The fourth-order valence-electron chi connectivity index (χ4n) is 2.10. The van der Waals surface area contributed by atoms with Crippen molar-refractivity contribution in [2.75, 3.05) is 13.2 Å². The molecule has 2 N–H and O–H groups in total. The summed E-state index contributed by atoms with van der Waals surface area (Å²) in [5, 5.41) is 13.9. The molecule has 23 heavy (non-hydrogen) atoms. The molecule has 0 atom stereocenters. The summed E-state index contributed by atoms with van der Waals surface area (Å²) in [5.41, 5.74) is 3.14. The molecular formula is C16H13ClN2O4. The summed E-state index contributed by atoms with van der Waals surface area (Å²) in [4.78, 5) is 11.9. The molecule has 1 aliphatic heterocycles. The number of benzene rings is 2. The molecule has 1 aliphatic rings. The molecule has 0 aromatic heterocycles. The Bertz CT molecular complexity index is 777. The number of fused-ring (bicyclic) bond motifs is 1. The number of carbonyl (C=O) groups excluding carboxylic acids is 1. The van der Waals surface area contributed by atoms with Crippen molar-refractivity contribution >= 4 is 23.7 Å². The normalized spacial score (nSPS) is 13.1.